The van der Waals surface area contributed by atoms with Gasteiger partial charge in [0.1, 0.15) is 0 Å². The van der Waals surface area contributed by atoms with Crippen molar-refractivity contribution < 1.29 is 39.5 Å². The van der Waals surface area contributed by atoms with Gasteiger partial charge < -0.3 is 0 Å². The van der Waals surface area contributed by atoms with Crippen LogP contribution in [0.15, 0.2) is 0 Å². The SMILES string of the molecule is CCCCCCCCCCCCC(I)CC(F)(F)C(F)(F)C(F)(F)C(F)(F)F. The number of hydrogen-bond acceptors (Lipinski definition) is 0. The summed E-state index contributed by atoms with van der Waals surface area (Å²) in [5.41, 5.74) is 0. The Balaban J connectivity index is 4.25. The van der Waals surface area contributed by atoms with Crippen LogP contribution in [0.25, 0.3) is 0 Å². The summed E-state index contributed by atoms with van der Waals surface area (Å²) in [4.78, 5) is 0. The molecule has 0 heterocycles. The molecule has 0 aromatic heterocycles. The van der Waals surface area contributed by atoms with Gasteiger partial charge in [-0.3, -0.25) is 0 Å². The van der Waals surface area contributed by atoms with Crippen LogP contribution in [0.5, 0.6) is 0 Å². The van der Waals surface area contributed by atoms with Crippen molar-refractivity contribution in [3.8, 4) is 0 Å². The van der Waals surface area contributed by atoms with Gasteiger partial charge in [-0.25, -0.2) is 0 Å². The van der Waals surface area contributed by atoms with E-state index in [0.717, 1.165) is 38.5 Å². The van der Waals surface area contributed by atoms with E-state index in [9.17, 15) is 39.5 Å². The van der Waals surface area contributed by atoms with Crippen LogP contribution < -0.4 is 0 Å². The third-order valence-electron chi connectivity index (χ3n) is 4.56. The molecule has 0 saturated heterocycles. The van der Waals surface area contributed by atoms with E-state index in [1.807, 2.05) is 0 Å². The van der Waals surface area contributed by atoms with Gasteiger partial charge in [0.25, 0.3) is 0 Å². The molecule has 10 heteroatoms. The average Bonchev–Trinajstić information content (AvgIpc) is 2.54. The first-order valence-corrected chi connectivity index (χ1v) is 10.8. The maximum atomic E-state index is 13.5. The number of alkyl halides is 10. The van der Waals surface area contributed by atoms with Crippen molar-refractivity contribution in [3.63, 3.8) is 0 Å². The van der Waals surface area contributed by atoms with E-state index in [0.29, 0.717) is 12.8 Å². The third kappa shape index (κ3) is 8.45. The maximum Gasteiger partial charge on any atom is 0.460 e. The summed E-state index contributed by atoms with van der Waals surface area (Å²) in [7, 11) is 0. The molecule has 0 N–H and O–H groups in total. The molecule has 0 saturated carbocycles. The molecule has 0 radical (unpaired) electrons. The van der Waals surface area contributed by atoms with E-state index in [4.69, 9.17) is 0 Å². The van der Waals surface area contributed by atoms with Gasteiger partial charge in [0.15, 0.2) is 0 Å². The van der Waals surface area contributed by atoms with Crippen LogP contribution in [0.4, 0.5) is 39.5 Å². The Labute approximate surface area is 174 Å². The molecule has 0 nitrogen and oxygen atoms in total. The lowest BCUT2D eigenvalue weighted by Gasteiger charge is -2.34. The summed E-state index contributed by atoms with van der Waals surface area (Å²) < 4.78 is 114. The highest BCUT2D eigenvalue weighted by Crippen LogP contribution is 2.54. The number of hydrogen-bond donors (Lipinski definition) is 0. The quantitative estimate of drug-likeness (QED) is 0.0839. The Hall–Kier alpha value is 0.1000. The third-order valence-corrected chi connectivity index (χ3v) is 5.62. The standard InChI is InChI=1S/C18H28F9I/c1-2-3-4-5-6-7-8-9-10-11-12-14(28)13-15(19,20)16(21,22)17(23,24)18(25,26)27/h14H,2-13H2,1H3. The highest BCUT2D eigenvalue weighted by atomic mass is 127. The zero-order valence-corrected chi connectivity index (χ0v) is 18.0. The van der Waals surface area contributed by atoms with Gasteiger partial charge in [-0.2, -0.15) is 39.5 Å². The van der Waals surface area contributed by atoms with Crippen LogP contribution in [0, 0.1) is 0 Å². The van der Waals surface area contributed by atoms with Crippen molar-refractivity contribution in [1.29, 1.82) is 0 Å². The summed E-state index contributed by atoms with van der Waals surface area (Å²) in [6.07, 6.45) is 1.37. The average molecular weight is 542 g/mol. The second-order valence-corrected chi connectivity index (χ2v) is 8.88. The van der Waals surface area contributed by atoms with E-state index in [-0.39, 0.29) is 6.42 Å². The van der Waals surface area contributed by atoms with Gasteiger partial charge in [0.2, 0.25) is 0 Å². The number of unbranched alkanes of at least 4 members (excludes halogenated alkanes) is 9. The zero-order valence-electron chi connectivity index (χ0n) is 15.8. The van der Waals surface area contributed by atoms with Gasteiger partial charge in [0, 0.05) is 10.3 Å². The van der Waals surface area contributed by atoms with E-state index >= 15 is 0 Å². The van der Waals surface area contributed by atoms with Crippen LogP contribution in [0.3, 0.4) is 0 Å². The molecular weight excluding hydrogens is 514 g/mol. The first-order valence-electron chi connectivity index (χ1n) is 9.55. The fraction of sp³-hybridized carbons (Fsp3) is 1.00. The van der Waals surface area contributed by atoms with Gasteiger partial charge in [-0.1, -0.05) is 93.7 Å². The molecule has 0 amide bonds. The number of rotatable bonds is 15. The predicted molar refractivity (Wildman–Crippen MR) is 99.8 cm³/mol. The first kappa shape index (κ1) is 28.1. The van der Waals surface area contributed by atoms with Gasteiger partial charge >= 0.3 is 23.9 Å². The summed E-state index contributed by atoms with van der Waals surface area (Å²) in [5.74, 6) is -18.8. The molecule has 0 aliphatic carbocycles. The monoisotopic (exact) mass is 542 g/mol. The Morgan fingerprint density at radius 2 is 1.00 bits per heavy atom. The molecule has 28 heavy (non-hydrogen) atoms. The van der Waals surface area contributed by atoms with Crippen molar-refractivity contribution in [2.45, 2.75) is 112 Å². The molecule has 0 fully saturated rings. The Kier molecular flexibility index (Phi) is 12.1. The van der Waals surface area contributed by atoms with Crippen molar-refractivity contribution >= 4 is 22.6 Å². The molecule has 0 aliphatic heterocycles. The van der Waals surface area contributed by atoms with Crippen molar-refractivity contribution in [2.24, 2.45) is 0 Å². The van der Waals surface area contributed by atoms with Crippen LogP contribution in [0.1, 0.15) is 84.0 Å². The Bertz CT molecular complexity index is 422. The maximum absolute atomic E-state index is 13.5. The molecule has 0 aliphatic rings. The molecule has 1 unspecified atom stereocenters. The Morgan fingerprint density at radius 3 is 1.39 bits per heavy atom. The molecule has 170 valence electrons. The molecule has 0 aromatic rings. The van der Waals surface area contributed by atoms with Gasteiger partial charge in [0.05, 0.1) is 0 Å². The lowest BCUT2D eigenvalue weighted by molar-refractivity contribution is -0.396. The smallest absolute Gasteiger partial charge is 0.200 e. The topological polar surface area (TPSA) is 0 Å². The van der Waals surface area contributed by atoms with Crippen LogP contribution >= 0.6 is 22.6 Å². The molecule has 0 aromatic carbocycles. The van der Waals surface area contributed by atoms with E-state index in [2.05, 4.69) is 6.92 Å². The normalized spacial score (nSPS) is 15.1. The molecule has 0 spiro atoms. The molecule has 0 rings (SSSR count). The molecule has 0 bridgehead atoms. The second kappa shape index (κ2) is 12.1. The lowest BCUT2D eigenvalue weighted by atomic mass is 9.97. The fourth-order valence-electron chi connectivity index (χ4n) is 2.77. The van der Waals surface area contributed by atoms with E-state index in [1.165, 1.54) is 35.4 Å². The Morgan fingerprint density at radius 1 is 0.607 bits per heavy atom. The number of halogens is 10. The second-order valence-electron chi connectivity index (χ2n) is 7.12. The summed E-state index contributed by atoms with van der Waals surface area (Å²) in [5, 5.41) is 0. The molecular formula is C18H28F9I. The fourth-order valence-corrected chi connectivity index (χ4v) is 3.76. The minimum atomic E-state index is -6.79. The predicted octanol–water partition coefficient (Wildman–Crippen LogP) is 8.96. The summed E-state index contributed by atoms with van der Waals surface area (Å²) in [6, 6.07) is 0. The van der Waals surface area contributed by atoms with E-state index < -0.39 is 34.3 Å². The first-order chi connectivity index (χ1) is 12.7. The lowest BCUT2D eigenvalue weighted by Crippen LogP contribution is -2.61. The van der Waals surface area contributed by atoms with Crippen molar-refractivity contribution in [2.75, 3.05) is 0 Å². The minimum absolute atomic E-state index is 0.0559. The van der Waals surface area contributed by atoms with Gasteiger partial charge in [-0.05, 0) is 6.42 Å². The summed E-state index contributed by atoms with van der Waals surface area (Å²) in [6.45, 7) is 2.12. The molecule has 1 atom stereocenters. The van der Waals surface area contributed by atoms with Crippen molar-refractivity contribution in [1.82, 2.24) is 0 Å². The van der Waals surface area contributed by atoms with E-state index in [1.54, 1.807) is 0 Å². The van der Waals surface area contributed by atoms with Gasteiger partial charge in [-0.15, -0.1) is 0 Å². The summed E-state index contributed by atoms with van der Waals surface area (Å²) >= 11 is 1.40. The zero-order chi connectivity index (χ0) is 22.1. The minimum Gasteiger partial charge on any atom is -0.200 e. The highest BCUT2D eigenvalue weighted by Gasteiger charge is 2.81. The largest absolute Gasteiger partial charge is 0.460 e. The van der Waals surface area contributed by atoms with Crippen LogP contribution in [0.2, 0.25) is 0 Å². The van der Waals surface area contributed by atoms with Crippen LogP contribution in [-0.4, -0.2) is 27.9 Å². The van der Waals surface area contributed by atoms with Crippen LogP contribution in [-0.2, 0) is 0 Å². The van der Waals surface area contributed by atoms with Crippen molar-refractivity contribution in [3.05, 3.63) is 0 Å². The highest BCUT2D eigenvalue weighted by molar-refractivity contribution is 14.1.